The summed E-state index contributed by atoms with van der Waals surface area (Å²) in [5.74, 6) is 1.03. The summed E-state index contributed by atoms with van der Waals surface area (Å²) in [6, 6.07) is 14.9. The molecule has 0 bridgehead atoms. The minimum absolute atomic E-state index is 0.114. The van der Waals surface area contributed by atoms with Crippen LogP contribution in [-0.4, -0.2) is 36.6 Å². The summed E-state index contributed by atoms with van der Waals surface area (Å²) in [6.07, 6.45) is 0.851. The van der Waals surface area contributed by atoms with Crippen molar-refractivity contribution in [2.45, 2.75) is 12.8 Å². The summed E-state index contributed by atoms with van der Waals surface area (Å²) in [5, 5.41) is 6.66. The number of fused-ring (bicyclic) bond motifs is 2. The molecule has 2 aromatic carbocycles. The van der Waals surface area contributed by atoms with E-state index in [-0.39, 0.29) is 11.8 Å². The van der Waals surface area contributed by atoms with E-state index in [1.807, 2.05) is 30.3 Å². The SMILES string of the molecule is O=C(CCCNC(=O)c1cc2ccccc2[nH]1)Nc1ccc2c(c1)OCCO2. The van der Waals surface area contributed by atoms with Gasteiger partial charge < -0.3 is 25.1 Å². The Morgan fingerprint density at radius 3 is 2.68 bits per heavy atom. The first-order valence-corrected chi connectivity index (χ1v) is 9.24. The average molecular weight is 379 g/mol. The molecule has 28 heavy (non-hydrogen) atoms. The maximum absolute atomic E-state index is 12.2. The third-order valence-electron chi connectivity index (χ3n) is 4.47. The van der Waals surface area contributed by atoms with Gasteiger partial charge in [0.2, 0.25) is 5.91 Å². The second-order valence-electron chi connectivity index (χ2n) is 6.54. The highest BCUT2D eigenvalue weighted by Gasteiger charge is 2.13. The summed E-state index contributed by atoms with van der Waals surface area (Å²) < 4.78 is 11.0. The summed E-state index contributed by atoms with van der Waals surface area (Å²) in [4.78, 5) is 27.4. The van der Waals surface area contributed by atoms with Gasteiger partial charge in [-0.15, -0.1) is 0 Å². The van der Waals surface area contributed by atoms with Crippen molar-refractivity contribution in [3.63, 3.8) is 0 Å². The molecule has 1 aliphatic rings. The summed E-state index contributed by atoms with van der Waals surface area (Å²) in [5.41, 5.74) is 2.10. The fourth-order valence-corrected chi connectivity index (χ4v) is 3.09. The number of nitrogens with one attached hydrogen (secondary N) is 3. The number of rotatable bonds is 6. The lowest BCUT2D eigenvalue weighted by molar-refractivity contribution is -0.116. The highest BCUT2D eigenvalue weighted by Crippen LogP contribution is 2.32. The molecule has 0 saturated heterocycles. The Bertz CT molecular complexity index is 979. The zero-order chi connectivity index (χ0) is 19.3. The minimum atomic E-state index is -0.177. The van der Waals surface area contributed by atoms with Crippen LogP contribution in [0.4, 0.5) is 5.69 Å². The van der Waals surface area contributed by atoms with Crippen LogP contribution in [0.5, 0.6) is 11.5 Å². The van der Waals surface area contributed by atoms with Crippen LogP contribution in [0, 0.1) is 0 Å². The van der Waals surface area contributed by atoms with Crippen molar-refractivity contribution < 1.29 is 19.1 Å². The molecule has 3 aromatic rings. The van der Waals surface area contributed by atoms with E-state index in [1.54, 1.807) is 18.2 Å². The Morgan fingerprint density at radius 1 is 1.00 bits per heavy atom. The molecule has 0 atom stereocenters. The number of H-pyrrole nitrogens is 1. The quantitative estimate of drug-likeness (QED) is 0.574. The van der Waals surface area contributed by atoms with E-state index in [0.29, 0.717) is 55.5 Å². The molecule has 3 N–H and O–H groups in total. The molecule has 0 radical (unpaired) electrons. The van der Waals surface area contributed by atoms with E-state index in [2.05, 4.69) is 15.6 Å². The van der Waals surface area contributed by atoms with Gasteiger partial charge in [-0.3, -0.25) is 9.59 Å². The molecule has 4 rings (SSSR count). The number of anilines is 1. The predicted octanol–water partition coefficient (Wildman–Crippen LogP) is 3.09. The van der Waals surface area contributed by atoms with Gasteiger partial charge >= 0.3 is 0 Å². The molecule has 7 nitrogen and oxygen atoms in total. The van der Waals surface area contributed by atoms with Crippen LogP contribution in [0.15, 0.2) is 48.5 Å². The van der Waals surface area contributed by atoms with Gasteiger partial charge in [0.1, 0.15) is 18.9 Å². The minimum Gasteiger partial charge on any atom is -0.486 e. The zero-order valence-corrected chi connectivity index (χ0v) is 15.3. The third-order valence-corrected chi connectivity index (χ3v) is 4.47. The van der Waals surface area contributed by atoms with Gasteiger partial charge in [0.15, 0.2) is 11.5 Å². The van der Waals surface area contributed by atoms with Crippen molar-refractivity contribution in [1.29, 1.82) is 0 Å². The molecular weight excluding hydrogens is 358 g/mol. The highest BCUT2D eigenvalue weighted by molar-refractivity contribution is 5.98. The number of aromatic nitrogens is 1. The smallest absolute Gasteiger partial charge is 0.267 e. The van der Waals surface area contributed by atoms with E-state index in [0.717, 1.165) is 10.9 Å². The molecule has 0 saturated carbocycles. The summed E-state index contributed by atoms with van der Waals surface area (Å²) >= 11 is 0. The number of amides is 2. The standard InChI is InChI=1S/C21H21N3O4/c25-20(23-15-7-8-18-19(13-15)28-11-10-27-18)6-3-9-22-21(26)17-12-14-4-1-2-5-16(14)24-17/h1-2,4-5,7-8,12-13,24H,3,6,9-11H2,(H,22,26)(H,23,25). The Kier molecular flexibility index (Phi) is 5.14. The predicted molar refractivity (Wildman–Crippen MR) is 106 cm³/mol. The number of carbonyl (C=O) groups excluding carboxylic acids is 2. The largest absolute Gasteiger partial charge is 0.486 e. The van der Waals surface area contributed by atoms with Crippen LogP contribution < -0.4 is 20.1 Å². The molecule has 2 amide bonds. The van der Waals surface area contributed by atoms with Gasteiger partial charge in [0.25, 0.3) is 5.91 Å². The van der Waals surface area contributed by atoms with Crippen molar-refractivity contribution >= 4 is 28.4 Å². The van der Waals surface area contributed by atoms with Crippen molar-refractivity contribution in [3.05, 3.63) is 54.2 Å². The fraction of sp³-hybridized carbons (Fsp3) is 0.238. The number of ether oxygens (including phenoxy) is 2. The van der Waals surface area contributed by atoms with E-state index < -0.39 is 0 Å². The molecule has 0 fully saturated rings. The number of para-hydroxylation sites is 1. The van der Waals surface area contributed by atoms with E-state index in [1.165, 1.54) is 0 Å². The Hall–Kier alpha value is -3.48. The monoisotopic (exact) mass is 379 g/mol. The van der Waals surface area contributed by atoms with Crippen molar-refractivity contribution in [1.82, 2.24) is 10.3 Å². The van der Waals surface area contributed by atoms with Crippen LogP contribution in [-0.2, 0) is 4.79 Å². The zero-order valence-electron chi connectivity index (χ0n) is 15.3. The number of hydrogen-bond acceptors (Lipinski definition) is 4. The summed E-state index contributed by atoms with van der Waals surface area (Å²) in [7, 11) is 0. The van der Waals surface area contributed by atoms with Gasteiger partial charge in [-0.05, 0) is 30.7 Å². The normalized spacial score (nSPS) is 12.6. The highest BCUT2D eigenvalue weighted by atomic mass is 16.6. The number of carbonyl (C=O) groups is 2. The maximum atomic E-state index is 12.2. The first kappa shape index (κ1) is 17.9. The van der Waals surface area contributed by atoms with E-state index in [9.17, 15) is 9.59 Å². The summed E-state index contributed by atoms with van der Waals surface area (Å²) in [6.45, 7) is 1.45. The third kappa shape index (κ3) is 4.09. The molecule has 1 aromatic heterocycles. The Morgan fingerprint density at radius 2 is 1.82 bits per heavy atom. The fourth-order valence-electron chi connectivity index (χ4n) is 3.09. The first-order chi connectivity index (χ1) is 13.7. The average Bonchev–Trinajstić information content (AvgIpc) is 3.15. The van der Waals surface area contributed by atoms with Gasteiger partial charge in [-0.1, -0.05) is 18.2 Å². The van der Waals surface area contributed by atoms with Crippen molar-refractivity contribution in [3.8, 4) is 11.5 Å². The van der Waals surface area contributed by atoms with Gasteiger partial charge in [-0.25, -0.2) is 0 Å². The molecule has 144 valence electrons. The molecule has 1 aliphatic heterocycles. The molecule has 2 heterocycles. The molecular formula is C21H21N3O4. The van der Waals surface area contributed by atoms with Crippen LogP contribution >= 0.6 is 0 Å². The molecule has 0 spiro atoms. The van der Waals surface area contributed by atoms with E-state index in [4.69, 9.17) is 9.47 Å². The van der Waals surface area contributed by atoms with Crippen molar-refractivity contribution in [2.75, 3.05) is 25.1 Å². The Balaban J connectivity index is 1.22. The second kappa shape index (κ2) is 8.04. The van der Waals surface area contributed by atoms with Gasteiger partial charge in [0.05, 0.1) is 0 Å². The van der Waals surface area contributed by atoms with E-state index >= 15 is 0 Å². The molecule has 7 heteroatoms. The lowest BCUT2D eigenvalue weighted by Gasteiger charge is -2.19. The van der Waals surface area contributed by atoms with Crippen LogP contribution in [0.1, 0.15) is 23.3 Å². The van der Waals surface area contributed by atoms with Crippen LogP contribution in [0.25, 0.3) is 10.9 Å². The van der Waals surface area contributed by atoms with Crippen molar-refractivity contribution in [2.24, 2.45) is 0 Å². The number of benzene rings is 2. The first-order valence-electron chi connectivity index (χ1n) is 9.24. The number of hydrogen-bond donors (Lipinski definition) is 3. The Labute approximate surface area is 162 Å². The number of aromatic amines is 1. The molecule has 0 unspecified atom stereocenters. The van der Waals surface area contributed by atoms with Crippen LogP contribution in [0.3, 0.4) is 0 Å². The maximum Gasteiger partial charge on any atom is 0.267 e. The van der Waals surface area contributed by atoms with Gasteiger partial charge in [0, 0.05) is 35.6 Å². The topological polar surface area (TPSA) is 92.5 Å². The lowest BCUT2D eigenvalue weighted by Crippen LogP contribution is -2.25. The van der Waals surface area contributed by atoms with Crippen LogP contribution in [0.2, 0.25) is 0 Å². The van der Waals surface area contributed by atoms with Gasteiger partial charge in [-0.2, -0.15) is 0 Å². The second-order valence-corrected chi connectivity index (χ2v) is 6.54. The lowest BCUT2D eigenvalue weighted by atomic mass is 10.2. The molecule has 0 aliphatic carbocycles.